The molecule has 2 saturated heterocycles. The van der Waals surface area contributed by atoms with E-state index >= 15 is 0 Å². The Bertz CT molecular complexity index is 1680. The maximum Gasteiger partial charge on any atom is 0.431 e. The number of alkyl carbamates (subject to hydrolysis) is 2. The smallest absolute Gasteiger partial charge is 0.431 e. The van der Waals surface area contributed by atoms with Gasteiger partial charge in [-0.3, -0.25) is 14.4 Å². The predicted octanol–water partition coefficient (Wildman–Crippen LogP) is -0.180. The lowest BCUT2D eigenvalue weighted by molar-refractivity contribution is -0.316. The number of imide groups is 1. The first-order chi connectivity index (χ1) is 30.8. The number of carboxylic acid groups (broad SMARTS) is 1. The molecule has 25 heteroatoms. The number of nitrogens with zero attached hydrogens (tertiary/aromatic N) is 2. The summed E-state index contributed by atoms with van der Waals surface area (Å²) in [7, 11) is 0. The molecule has 3 fully saturated rings. The fourth-order valence-corrected chi connectivity index (χ4v) is 7.60. The van der Waals surface area contributed by atoms with E-state index in [2.05, 4.69) is 21.3 Å². The number of hydrogen-bond donors (Lipinski definition) is 10. The van der Waals surface area contributed by atoms with Crippen LogP contribution in [-0.4, -0.2) is 206 Å². The van der Waals surface area contributed by atoms with Gasteiger partial charge >= 0.3 is 24.4 Å². The van der Waals surface area contributed by atoms with Gasteiger partial charge in [-0.05, 0) is 94.9 Å². The number of carbonyl (C=O) groups is 6. The van der Waals surface area contributed by atoms with Gasteiger partial charge < -0.3 is 80.3 Å². The maximum absolute atomic E-state index is 13.7. The third-order valence-electron chi connectivity index (χ3n) is 10.4. The largest absolute Gasteiger partial charge is 0.463 e. The van der Waals surface area contributed by atoms with Gasteiger partial charge in [0, 0.05) is 26.6 Å². The SMILES string of the molecule is CC(=O)N(C(=O)OC(C)(C)C)[C@@H]1[C@@H](O)[C@@H](O[C@@H]2[C@H](O)[C@H](ON(C(=O)O)[C@@H]3CC[C@@H](CNCCO)OC3)[C@@H](NC(=O)OC(C)(C)C)C[C@H]2NC(=O)C(O)CCNC(=O)OC(C)(C)C)OC[C@]1(C)O. The fourth-order valence-electron chi connectivity index (χ4n) is 7.60. The normalized spacial score (nSPS) is 29.7. The van der Waals surface area contributed by atoms with E-state index in [-0.39, 0.29) is 38.7 Å². The summed E-state index contributed by atoms with van der Waals surface area (Å²) < 4.78 is 33.9. The average molecular weight is 967 g/mol. The van der Waals surface area contributed by atoms with Crippen molar-refractivity contribution in [3.05, 3.63) is 0 Å². The van der Waals surface area contributed by atoms with Crippen molar-refractivity contribution in [3.63, 3.8) is 0 Å². The molecule has 0 radical (unpaired) electrons. The van der Waals surface area contributed by atoms with E-state index in [1.807, 2.05) is 0 Å². The molecule has 386 valence electrons. The number of amides is 6. The van der Waals surface area contributed by atoms with Crippen LogP contribution in [-0.2, 0) is 42.8 Å². The number of hydrogen-bond acceptors (Lipinski definition) is 19. The first kappa shape index (κ1) is 57.1. The molecule has 67 heavy (non-hydrogen) atoms. The summed E-state index contributed by atoms with van der Waals surface area (Å²) in [5.41, 5.74) is -5.12. The number of rotatable bonds is 16. The number of hydroxylamine groups is 2. The number of nitrogens with one attached hydrogen (secondary N) is 4. The maximum atomic E-state index is 13.7. The van der Waals surface area contributed by atoms with Crippen molar-refractivity contribution in [1.82, 2.24) is 31.2 Å². The summed E-state index contributed by atoms with van der Waals surface area (Å²) in [5.74, 6) is -1.99. The van der Waals surface area contributed by atoms with Gasteiger partial charge in [-0.1, -0.05) is 0 Å². The zero-order valence-corrected chi connectivity index (χ0v) is 40.3. The Kier molecular flexibility index (Phi) is 20.4. The second-order valence-corrected chi connectivity index (χ2v) is 20.1. The van der Waals surface area contributed by atoms with Crippen LogP contribution < -0.4 is 21.3 Å². The van der Waals surface area contributed by atoms with E-state index in [0.717, 1.165) is 6.92 Å². The number of aliphatic hydroxyl groups is 5. The van der Waals surface area contributed by atoms with Crippen molar-refractivity contribution in [3.8, 4) is 0 Å². The monoisotopic (exact) mass is 967 g/mol. The molecule has 1 saturated carbocycles. The molecule has 0 bridgehead atoms. The van der Waals surface area contributed by atoms with Crippen LogP contribution >= 0.6 is 0 Å². The average Bonchev–Trinajstić information content (AvgIpc) is 3.16. The first-order valence-corrected chi connectivity index (χ1v) is 22.3. The third kappa shape index (κ3) is 17.7. The molecule has 2 heterocycles. The summed E-state index contributed by atoms with van der Waals surface area (Å²) in [5, 5.41) is 77.3. The van der Waals surface area contributed by atoms with E-state index < -0.39 is 133 Å². The molecule has 12 atom stereocenters. The molecular weight excluding hydrogens is 892 g/mol. The van der Waals surface area contributed by atoms with Gasteiger partial charge in [0.1, 0.15) is 59.0 Å². The summed E-state index contributed by atoms with van der Waals surface area (Å²) in [6.45, 7) is 16.0. The van der Waals surface area contributed by atoms with E-state index in [0.29, 0.717) is 29.5 Å². The second-order valence-electron chi connectivity index (χ2n) is 20.1. The minimum absolute atomic E-state index is 0.0997. The van der Waals surface area contributed by atoms with Gasteiger partial charge in [0.15, 0.2) is 6.29 Å². The molecule has 3 rings (SSSR count). The minimum Gasteiger partial charge on any atom is -0.463 e. The molecule has 2 aliphatic heterocycles. The topological polar surface area (TPSA) is 343 Å². The Labute approximate surface area is 390 Å². The minimum atomic E-state index is -2.12. The highest BCUT2D eigenvalue weighted by Gasteiger charge is 2.56. The van der Waals surface area contributed by atoms with E-state index in [1.165, 1.54) is 27.7 Å². The predicted molar refractivity (Wildman–Crippen MR) is 232 cm³/mol. The molecule has 10 N–H and O–H groups in total. The number of carbonyl (C=O) groups excluding carboxylic acids is 5. The van der Waals surface area contributed by atoms with Gasteiger partial charge in [-0.2, -0.15) is 5.06 Å². The number of ether oxygens (including phenoxy) is 6. The van der Waals surface area contributed by atoms with Crippen LogP contribution in [0.4, 0.5) is 19.2 Å². The Balaban J connectivity index is 2.06. The summed E-state index contributed by atoms with van der Waals surface area (Å²) >= 11 is 0. The molecule has 0 spiro atoms. The van der Waals surface area contributed by atoms with Gasteiger partial charge in [0.05, 0.1) is 44.1 Å². The van der Waals surface area contributed by atoms with E-state index in [9.17, 15) is 54.3 Å². The molecule has 6 amide bonds. The second kappa shape index (κ2) is 23.9. The van der Waals surface area contributed by atoms with Crippen molar-refractivity contribution in [2.45, 2.75) is 191 Å². The third-order valence-corrected chi connectivity index (χ3v) is 10.4. The molecule has 0 aromatic heterocycles. The van der Waals surface area contributed by atoms with Crippen molar-refractivity contribution < 1.29 is 92.7 Å². The zero-order valence-electron chi connectivity index (χ0n) is 40.3. The van der Waals surface area contributed by atoms with Crippen molar-refractivity contribution >= 4 is 36.2 Å². The Morgan fingerprint density at radius 2 is 1.42 bits per heavy atom. The van der Waals surface area contributed by atoms with Crippen LogP contribution in [0.3, 0.4) is 0 Å². The van der Waals surface area contributed by atoms with Gasteiger partial charge in [0.25, 0.3) is 0 Å². The highest BCUT2D eigenvalue weighted by molar-refractivity contribution is 5.91. The molecular formula is C42H74N6O19. The van der Waals surface area contributed by atoms with Crippen LogP contribution in [0.5, 0.6) is 0 Å². The van der Waals surface area contributed by atoms with Crippen LogP contribution in [0, 0.1) is 0 Å². The quantitative estimate of drug-likeness (QED) is 0.0545. The Morgan fingerprint density at radius 3 is 1.96 bits per heavy atom. The van der Waals surface area contributed by atoms with Crippen molar-refractivity contribution in [2.24, 2.45) is 0 Å². The lowest BCUT2D eigenvalue weighted by Gasteiger charge is -2.50. The summed E-state index contributed by atoms with van der Waals surface area (Å²) in [6, 6.07) is -5.59. The Hall–Kier alpha value is -4.18. The fraction of sp³-hybridized carbons (Fsp3) is 0.857. The lowest BCUT2D eigenvalue weighted by Crippen LogP contribution is -2.71. The molecule has 3 aliphatic rings. The van der Waals surface area contributed by atoms with Crippen LogP contribution in [0.25, 0.3) is 0 Å². The van der Waals surface area contributed by atoms with Crippen LogP contribution in [0.2, 0.25) is 0 Å². The molecule has 1 unspecified atom stereocenters. The highest BCUT2D eigenvalue weighted by atomic mass is 16.7. The molecule has 0 aromatic carbocycles. The highest BCUT2D eigenvalue weighted by Crippen LogP contribution is 2.35. The van der Waals surface area contributed by atoms with Crippen molar-refractivity contribution in [2.75, 3.05) is 39.5 Å². The summed E-state index contributed by atoms with van der Waals surface area (Å²) in [6.07, 6.45) is -16.6. The van der Waals surface area contributed by atoms with Crippen LogP contribution in [0.1, 0.15) is 102 Å². The molecule has 0 aromatic rings. The van der Waals surface area contributed by atoms with Gasteiger partial charge in [-0.15, -0.1) is 0 Å². The van der Waals surface area contributed by atoms with Gasteiger partial charge in [-0.25, -0.2) is 24.1 Å². The van der Waals surface area contributed by atoms with Gasteiger partial charge in [0.2, 0.25) is 11.8 Å². The number of aliphatic hydroxyl groups excluding tert-OH is 4. The molecule has 25 nitrogen and oxygen atoms in total. The van der Waals surface area contributed by atoms with E-state index in [1.54, 1.807) is 41.5 Å². The summed E-state index contributed by atoms with van der Waals surface area (Å²) in [4.78, 5) is 85.2. The van der Waals surface area contributed by atoms with Crippen molar-refractivity contribution in [1.29, 1.82) is 0 Å². The Morgan fingerprint density at radius 1 is 0.821 bits per heavy atom. The first-order valence-electron chi connectivity index (χ1n) is 22.3. The standard InChI is InChI=1S/C42H74N6O19/c1-22(50)47(38(59)66-41(8,9)10)32-29(53)34(62-21-42(32,11)60)63-30-25(45-33(54)27(51)14-15-44-35(55)64-39(2,3)4)18-26(46-36(56)65-40(5,6)7)31(28(30)52)67-48(37(57)58)23-12-13-24(61-20-23)19-43-16-17-49/h23-32,34,43,49,51-53,60H,12-21H2,1-11H3,(H,44,55)(H,45,54)(H,46,56)(H,57,58)/t23-,24+,25-,26+,27?,28+,29-,30+,31-,32-,34-,42+/m1/s1. The zero-order chi connectivity index (χ0) is 50.8. The van der Waals surface area contributed by atoms with E-state index in [4.69, 9.17) is 38.4 Å². The lowest BCUT2D eigenvalue weighted by atomic mass is 9.83. The van der Waals surface area contributed by atoms with Crippen LogP contribution in [0.15, 0.2) is 0 Å². The molecule has 1 aliphatic carbocycles.